The standard InChI is InChI=1S/C17H21Cl2N3O3/c18-13-3-1-2-12(14(13)19)15(23)21-6-8-22(9-7-21)16(24)17(20)4-10-25-11-5-17/h1-3H,4-11,20H2. The molecule has 0 spiro atoms. The van der Waals surface area contributed by atoms with Gasteiger partial charge in [0.2, 0.25) is 5.91 Å². The highest BCUT2D eigenvalue weighted by Gasteiger charge is 2.40. The number of carbonyl (C=O) groups is 2. The quantitative estimate of drug-likeness (QED) is 0.841. The summed E-state index contributed by atoms with van der Waals surface area (Å²) in [6, 6.07) is 5.00. The summed E-state index contributed by atoms with van der Waals surface area (Å²) in [5, 5.41) is 0.613. The van der Waals surface area contributed by atoms with E-state index in [0.29, 0.717) is 62.8 Å². The lowest BCUT2D eigenvalue weighted by molar-refractivity contribution is -0.142. The van der Waals surface area contributed by atoms with Gasteiger partial charge in [-0.2, -0.15) is 0 Å². The van der Waals surface area contributed by atoms with E-state index in [0.717, 1.165) is 0 Å². The molecular formula is C17H21Cl2N3O3. The summed E-state index contributed by atoms with van der Waals surface area (Å²) in [5.74, 6) is -0.225. The lowest BCUT2D eigenvalue weighted by Crippen LogP contribution is -2.61. The first-order valence-electron chi connectivity index (χ1n) is 8.32. The predicted molar refractivity (Wildman–Crippen MR) is 95.9 cm³/mol. The Morgan fingerprint density at radius 2 is 1.64 bits per heavy atom. The number of amides is 2. The Bertz CT molecular complexity index is 669. The van der Waals surface area contributed by atoms with Gasteiger partial charge in [0, 0.05) is 39.4 Å². The van der Waals surface area contributed by atoms with Crippen molar-refractivity contribution >= 4 is 35.0 Å². The zero-order chi connectivity index (χ0) is 18.0. The van der Waals surface area contributed by atoms with Crippen molar-refractivity contribution in [3.63, 3.8) is 0 Å². The molecule has 1 aromatic carbocycles. The molecule has 0 bridgehead atoms. The fourth-order valence-electron chi connectivity index (χ4n) is 3.22. The van der Waals surface area contributed by atoms with Crippen LogP contribution in [0.25, 0.3) is 0 Å². The molecule has 2 aliphatic rings. The number of hydrogen-bond acceptors (Lipinski definition) is 4. The maximum atomic E-state index is 12.7. The van der Waals surface area contributed by atoms with Crippen LogP contribution in [0.1, 0.15) is 23.2 Å². The van der Waals surface area contributed by atoms with Crippen LogP contribution >= 0.6 is 23.2 Å². The Morgan fingerprint density at radius 3 is 2.28 bits per heavy atom. The largest absolute Gasteiger partial charge is 0.381 e. The molecule has 6 nitrogen and oxygen atoms in total. The molecule has 0 aliphatic carbocycles. The van der Waals surface area contributed by atoms with E-state index in [9.17, 15) is 9.59 Å². The van der Waals surface area contributed by atoms with Crippen molar-refractivity contribution in [2.24, 2.45) is 5.73 Å². The summed E-state index contributed by atoms with van der Waals surface area (Å²) in [6.45, 7) is 2.83. The second-order valence-corrected chi connectivity index (χ2v) is 7.24. The summed E-state index contributed by atoms with van der Waals surface area (Å²) in [7, 11) is 0. The minimum Gasteiger partial charge on any atom is -0.381 e. The Labute approximate surface area is 156 Å². The molecular weight excluding hydrogens is 365 g/mol. The number of piperazine rings is 1. The molecule has 2 amide bonds. The number of nitrogens with two attached hydrogens (primary N) is 1. The van der Waals surface area contributed by atoms with E-state index in [1.807, 2.05) is 0 Å². The minimum absolute atomic E-state index is 0.0521. The minimum atomic E-state index is -0.847. The van der Waals surface area contributed by atoms with E-state index < -0.39 is 5.54 Å². The molecule has 0 radical (unpaired) electrons. The zero-order valence-corrected chi connectivity index (χ0v) is 15.4. The third-order valence-electron chi connectivity index (χ3n) is 4.85. The number of benzene rings is 1. The molecule has 0 unspecified atom stereocenters. The van der Waals surface area contributed by atoms with E-state index in [2.05, 4.69) is 0 Å². The lowest BCUT2D eigenvalue weighted by Gasteiger charge is -2.41. The summed E-state index contributed by atoms with van der Waals surface area (Å²) in [4.78, 5) is 28.8. The summed E-state index contributed by atoms with van der Waals surface area (Å²) in [6.07, 6.45) is 1.06. The van der Waals surface area contributed by atoms with Gasteiger partial charge in [-0.1, -0.05) is 29.3 Å². The van der Waals surface area contributed by atoms with Crippen LogP contribution in [0.2, 0.25) is 10.0 Å². The fourth-order valence-corrected chi connectivity index (χ4v) is 3.60. The Hall–Kier alpha value is -1.34. The molecule has 25 heavy (non-hydrogen) atoms. The van der Waals surface area contributed by atoms with Gasteiger partial charge >= 0.3 is 0 Å². The van der Waals surface area contributed by atoms with Gasteiger partial charge in [-0.25, -0.2) is 0 Å². The third kappa shape index (κ3) is 3.77. The first-order valence-corrected chi connectivity index (χ1v) is 9.07. The third-order valence-corrected chi connectivity index (χ3v) is 5.67. The summed E-state index contributed by atoms with van der Waals surface area (Å²) < 4.78 is 5.29. The van der Waals surface area contributed by atoms with Crippen LogP contribution in [0.4, 0.5) is 0 Å². The van der Waals surface area contributed by atoms with Crippen molar-refractivity contribution in [1.82, 2.24) is 9.80 Å². The maximum absolute atomic E-state index is 12.7. The van der Waals surface area contributed by atoms with Gasteiger partial charge < -0.3 is 20.3 Å². The normalized spacial score (nSPS) is 20.4. The maximum Gasteiger partial charge on any atom is 0.255 e. The smallest absolute Gasteiger partial charge is 0.255 e. The molecule has 0 saturated carbocycles. The van der Waals surface area contributed by atoms with E-state index in [-0.39, 0.29) is 16.8 Å². The molecule has 2 saturated heterocycles. The number of ether oxygens (including phenoxy) is 1. The molecule has 2 aliphatic heterocycles. The molecule has 136 valence electrons. The van der Waals surface area contributed by atoms with Crippen LogP contribution in [0.15, 0.2) is 18.2 Å². The van der Waals surface area contributed by atoms with Gasteiger partial charge in [-0.05, 0) is 25.0 Å². The van der Waals surface area contributed by atoms with Crippen molar-refractivity contribution in [2.75, 3.05) is 39.4 Å². The van der Waals surface area contributed by atoms with Crippen LogP contribution in [0.5, 0.6) is 0 Å². The van der Waals surface area contributed by atoms with Crippen molar-refractivity contribution in [1.29, 1.82) is 0 Å². The highest BCUT2D eigenvalue weighted by atomic mass is 35.5. The zero-order valence-electron chi connectivity index (χ0n) is 13.8. The van der Waals surface area contributed by atoms with Crippen molar-refractivity contribution < 1.29 is 14.3 Å². The molecule has 8 heteroatoms. The van der Waals surface area contributed by atoms with E-state index >= 15 is 0 Å². The average molecular weight is 386 g/mol. The highest BCUT2D eigenvalue weighted by molar-refractivity contribution is 6.43. The number of nitrogens with zero attached hydrogens (tertiary/aromatic N) is 2. The molecule has 0 aromatic heterocycles. The summed E-state index contributed by atoms with van der Waals surface area (Å²) >= 11 is 12.1. The molecule has 0 atom stereocenters. The predicted octanol–water partition coefficient (Wildman–Crippen LogP) is 1.79. The van der Waals surface area contributed by atoms with E-state index in [1.54, 1.807) is 28.0 Å². The summed E-state index contributed by atoms with van der Waals surface area (Å²) in [5.41, 5.74) is 5.81. The van der Waals surface area contributed by atoms with Crippen LogP contribution in [-0.4, -0.2) is 66.5 Å². The number of hydrogen-bond donors (Lipinski definition) is 1. The van der Waals surface area contributed by atoms with Gasteiger partial charge in [0.15, 0.2) is 0 Å². The molecule has 2 heterocycles. The molecule has 3 rings (SSSR count). The molecule has 1 aromatic rings. The number of halogens is 2. The SMILES string of the molecule is NC1(C(=O)N2CCN(C(=O)c3cccc(Cl)c3Cl)CC2)CCOCC1. The van der Waals surface area contributed by atoms with Gasteiger partial charge in [-0.3, -0.25) is 9.59 Å². The van der Waals surface area contributed by atoms with Crippen LogP contribution < -0.4 is 5.73 Å². The second kappa shape index (κ2) is 7.50. The molecule has 2 fully saturated rings. The van der Waals surface area contributed by atoms with Crippen LogP contribution in [0, 0.1) is 0 Å². The Morgan fingerprint density at radius 1 is 1.04 bits per heavy atom. The Balaban J connectivity index is 1.62. The van der Waals surface area contributed by atoms with Crippen molar-refractivity contribution in [2.45, 2.75) is 18.4 Å². The highest BCUT2D eigenvalue weighted by Crippen LogP contribution is 2.27. The van der Waals surface area contributed by atoms with Crippen LogP contribution in [0.3, 0.4) is 0 Å². The lowest BCUT2D eigenvalue weighted by atomic mass is 9.89. The van der Waals surface area contributed by atoms with Crippen molar-refractivity contribution in [3.8, 4) is 0 Å². The Kier molecular flexibility index (Phi) is 5.53. The van der Waals surface area contributed by atoms with Gasteiger partial charge in [0.25, 0.3) is 5.91 Å². The van der Waals surface area contributed by atoms with Gasteiger partial charge in [0.1, 0.15) is 0 Å². The van der Waals surface area contributed by atoms with Crippen molar-refractivity contribution in [3.05, 3.63) is 33.8 Å². The second-order valence-electron chi connectivity index (χ2n) is 6.45. The van der Waals surface area contributed by atoms with E-state index in [4.69, 9.17) is 33.7 Å². The van der Waals surface area contributed by atoms with E-state index in [1.165, 1.54) is 0 Å². The molecule has 2 N–H and O–H groups in total. The van der Waals surface area contributed by atoms with Crippen LogP contribution in [-0.2, 0) is 9.53 Å². The topological polar surface area (TPSA) is 75.9 Å². The number of rotatable bonds is 2. The monoisotopic (exact) mass is 385 g/mol. The van der Waals surface area contributed by atoms with Gasteiger partial charge in [-0.15, -0.1) is 0 Å². The number of carbonyl (C=O) groups excluding carboxylic acids is 2. The fraction of sp³-hybridized carbons (Fsp3) is 0.529. The average Bonchev–Trinajstić information content (AvgIpc) is 2.63. The first kappa shape index (κ1) is 18.5. The van der Waals surface area contributed by atoms with Gasteiger partial charge in [0.05, 0.1) is 21.1 Å². The first-order chi connectivity index (χ1) is 11.9.